The number of carbonyl (C=O) groups is 1. The molecule has 150 valence electrons. The lowest BCUT2D eigenvalue weighted by Crippen LogP contribution is -2.64. The molecule has 5 rings (SSSR count). The average molecular weight is 389 g/mol. The Morgan fingerprint density at radius 3 is 2.76 bits per heavy atom. The van der Waals surface area contributed by atoms with E-state index >= 15 is 0 Å². The second-order valence-electron chi connectivity index (χ2n) is 9.40. The summed E-state index contributed by atoms with van der Waals surface area (Å²) in [4.78, 5) is 20.1. The molecule has 2 heterocycles. The molecular weight excluding hydrogens is 360 g/mol. The van der Waals surface area contributed by atoms with Gasteiger partial charge in [-0.15, -0.1) is 0 Å². The number of nitrogens with zero attached hydrogens (tertiary/aromatic N) is 2. The van der Waals surface area contributed by atoms with Gasteiger partial charge in [0.05, 0.1) is 12.8 Å². The van der Waals surface area contributed by atoms with Crippen LogP contribution in [0, 0.1) is 5.41 Å². The van der Waals surface area contributed by atoms with Gasteiger partial charge in [-0.05, 0) is 65.3 Å². The van der Waals surface area contributed by atoms with E-state index in [1.807, 2.05) is 24.4 Å². The second kappa shape index (κ2) is 6.19. The number of carbonyl (C=O) groups excluding carboxylic acids is 1. The van der Waals surface area contributed by atoms with Crippen molar-refractivity contribution in [2.45, 2.75) is 51.5 Å². The van der Waals surface area contributed by atoms with Crippen molar-refractivity contribution in [1.29, 1.82) is 0 Å². The van der Waals surface area contributed by atoms with E-state index in [9.17, 15) is 4.79 Å². The van der Waals surface area contributed by atoms with Crippen molar-refractivity contribution in [2.24, 2.45) is 10.4 Å². The Morgan fingerprint density at radius 2 is 1.97 bits per heavy atom. The van der Waals surface area contributed by atoms with E-state index in [4.69, 9.17) is 4.74 Å². The van der Waals surface area contributed by atoms with E-state index in [2.05, 4.69) is 48.9 Å². The molecule has 2 aromatic carbocycles. The Morgan fingerprint density at radius 1 is 1.14 bits per heavy atom. The maximum atomic E-state index is 13.6. The Balaban J connectivity index is 1.54. The van der Waals surface area contributed by atoms with Crippen molar-refractivity contribution in [3.63, 3.8) is 0 Å². The topological polar surface area (TPSA) is 41.9 Å². The minimum atomic E-state index is -0.0116. The number of aliphatic imine (C=N–C) groups is 1. The Bertz CT molecular complexity index is 1040. The molecule has 4 nitrogen and oxygen atoms in total. The number of hydrogen-bond donors (Lipinski definition) is 0. The summed E-state index contributed by atoms with van der Waals surface area (Å²) in [5, 5.41) is 0. The first-order valence-corrected chi connectivity index (χ1v) is 10.5. The monoisotopic (exact) mass is 388 g/mol. The van der Waals surface area contributed by atoms with Crippen molar-refractivity contribution in [2.75, 3.05) is 13.7 Å². The molecule has 0 saturated carbocycles. The average Bonchev–Trinajstić information content (AvgIpc) is 3.17. The van der Waals surface area contributed by atoms with Crippen molar-refractivity contribution >= 4 is 17.8 Å². The fourth-order valence-electron chi connectivity index (χ4n) is 5.70. The minimum Gasteiger partial charge on any atom is -0.497 e. The molecule has 4 heteroatoms. The van der Waals surface area contributed by atoms with Crippen molar-refractivity contribution in [3.8, 4) is 5.75 Å². The molecule has 2 aliphatic heterocycles. The van der Waals surface area contributed by atoms with Gasteiger partial charge in [0.15, 0.2) is 0 Å². The summed E-state index contributed by atoms with van der Waals surface area (Å²) < 4.78 is 5.48. The Labute approximate surface area is 172 Å². The summed E-state index contributed by atoms with van der Waals surface area (Å²) >= 11 is 0. The van der Waals surface area contributed by atoms with Crippen LogP contribution in [0.4, 0.5) is 5.69 Å². The van der Waals surface area contributed by atoms with Gasteiger partial charge in [0, 0.05) is 36.2 Å². The maximum absolute atomic E-state index is 13.6. The van der Waals surface area contributed by atoms with Crippen molar-refractivity contribution in [1.82, 2.24) is 4.90 Å². The molecule has 29 heavy (non-hydrogen) atoms. The maximum Gasteiger partial charge on any atom is 0.254 e. The van der Waals surface area contributed by atoms with Crippen LogP contribution >= 0.6 is 0 Å². The molecule has 2 bridgehead atoms. The number of benzene rings is 2. The predicted molar refractivity (Wildman–Crippen MR) is 116 cm³/mol. The molecule has 1 saturated heterocycles. The second-order valence-corrected chi connectivity index (χ2v) is 9.40. The SMILES string of the molecule is COc1ccc2c(c1)C[C@@H]1N(C(=O)c3ccc4c(c3)CC=N4)CC[C@@]2(C)C1(C)C. The Kier molecular flexibility index (Phi) is 3.93. The molecule has 2 atom stereocenters. The fourth-order valence-corrected chi connectivity index (χ4v) is 5.70. The van der Waals surface area contributed by atoms with E-state index in [1.54, 1.807) is 7.11 Å². The van der Waals surface area contributed by atoms with E-state index in [1.165, 1.54) is 11.1 Å². The van der Waals surface area contributed by atoms with Gasteiger partial charge < -0.3 is 9.64 Å². The summed E-state index contributed by atoms with van der Waals surface area (Å²) in [6.45, 7) is 7.84. The molecule has 1 fully saturated rings. The van der Waals surface area contributed by atoms with Crippen LogP contribution in [0.15, 0.2) is 41.4 Å². The van der Waals surface area contributed by atoms with Crippen LogP contribution in [0.25, 0.3) is 0 Å². The highest BCUT2D eigenvalue weighted by Gasteiger charge is 2.56. The number of amides is 1. The molecule has 0 radical (unpaired) electrons. The highest BCUT2D eigenvalue weighted by atomic mass is 16.5. The molecule has 1 amide bonds. The van der Waals surface area contributed by atoms with Crippen molar-refractivity contribution < 1.29 is 9.53 Å². The number of methoxy groups -OCH3 is 1. The standard InChI is InChI=1S/C25H28N2O2/c1-24(2)22-15-18-14-19(29-4)6-7-20(18)25(24,3)10-12-27(22)23(28)17-5-8-21-16(13-17)9-11-26-21/h5-8,11,13-14,22H,9-10,12,15H2,1-4H3/t22-,25+/m0/s1. The van der Waals surface area contributed by atoms with E-state index in [0.29, 0.717) is 0 Å². The molecular formula is C25H28N2O2. The summed E-state index contributed by atoms with van der Waals surface area (Å²) in [6.07, 6.45) is 4.57. The van der Waals surface area contributed by atoms with Gasteiger partial charge in [0.25, 0.3) is 5.91 Å². The van der Waals surface area contributed by atoms with Crippen LogP contribution in [-0.4, -0.2) is 36.7 Å². The van der Waals surface area contributed by atoms with E-state index in [0.717, 1.165) is 48.4 Å². The molecule has 0 aromatic heterocycles. The first-order valence-electron chi connectivity index (χ1n) is 10.5. The molecule has 0 N–H and O–H groups in total. The fraction of sp³-hybridized carbons (Fsp3) is 0.440. The zero-order valence-electron chi connectivity index (χ0n) is 17.7. The summed E-state index contributed by atoms with van der Waals surface area (Å²) in [5.74, 6) is 1.03. The number of likely N-dealkylation sites (tertiary alicyclic amines) is 1. The van der Waals surface area contributed by atoms with Crippen LogP contribution in [0.5, 0.6) is 5.75 Å². The van der Waals surface area contributed by atoms with E-state index < -0.39 is 0 Å². The van der Waals surface area contributed by atoms with E-state index in [-0.39, 0.29) is 22.8 Å². The largest absolute Gasteiger partial charge is 0.497 e. The third kappa shape index (κ3) is 2.51. The summed E-state index contributed by atoms with van der Waals surface area (Å²) in [6, 6.07) is 12.6. The summed E-state index contributed by atoms with van der Waals surface area (Å²) in [7, 11) is 1.71. The number of piperidine rings is 1. The third-order valence-corrected chi connectivity index (χ3v) is 7.93. The lowest BCUT2D eigenvalue weighted by Gasteiger charge is -2.60. The van der Waals surface area contributed by atoms with Gasteiger partial charge in [-0.1, -0.05) is 26.8 Å². The van der Waals surface area contributed by atoms with Crippen molar-refractivity contribution in [3.05, 3.63) is 58.7 Å². The number of rotatable bonds is 2. The first kappa shape index (κ1) is 18.4. The number of hydrogen-bond acceptors (Lipinski definition) is 3. The third-order valence-electron chi connectivity index (χ3n) is 7.93. The van der Waals surface area contributed by atoms with Gasteiger partial charge in [0.1, 0.15) is 5.75 Å². The highest BCUT2D eigenvalue weighted by Crippen LogP contribution is 2.56. The molecule has 3 aliphatic rings. The first-order chi connectivity index (χ1) is 13.8. The molecule has 1 aliphatic carbocycles. The Hall–Kier alpha value is -2.62. The number of fused-ring (bicyclic) bond motifs is 5. The van der Waals surface area contributed by atoms with Crippen LogP contribution in [-0.2, 0) is 18.3 Å². The smallest absolute Gasteiger partial charge is 0.254 e. The zero-order chi connectivity index (χ0) is 20.4. The van der Waals surface area contributed by atoms with Crippen LogP contribution in [0.2, 0.25) is 0 Å². The van der Waals surface area contributed by atoms with Crippen LogP contribution < -0.4 is 4.74 Å². The molecule has 0 unspecified atom stereocenters. The predicted octanol–water partition coefficient (Wildman–Crippen LogP) is 4.71. The highest BCUT2D eigenvalue weighted by molar-refractivity contribution is 5.96. The quantitative estimate of drug-likeness (QED) is 0.748. The lowest BCUT2D eigenvalue weighted by atomic mass is 9.51. The van der Waals surface area contributed by atoms with Gasteiger partial charge in [0.2, 0.25) is 0 Å². The number of ether oxygens (including phenoxy) is 1. The van der Waals surface area contributed by atoms with Gasteiger partial charge >= 0.3 is 0 Å². The van der Waals surface area contributed by atoms with Crippen LogP contribution in [0.1, 0.15) is 54.2 Å². The van der Waals surface area contributed by atoms with Gasteiger partial charge in [-0.3, -0.25) is 9.79 Å². The molecule has 0 spiro atoms. The summed E-state index contributed by atoms with van der Waals surface area (Å²) in [5.41, 5.74) is 5.69. The van der Waals surface area contributed by atoms with Gasteiger partial charge in [-0.25, -0.2) is 0 Å². The van der Waals surface area contributed by atoms with Crippen LogP contribution in [0.3, 0.4) is 0 Å². The molecule has 2 aromatic rings. The normalized spacial score (nSPS) is 26.1. The minimum absolute atomic E-state index is 0.0116. The zero-order valence-corrected chi connectivity index (χ0v) is 17.7. The lowest BCUT2D eigenvalue weighted by molar-refractivity contribution is -0.0262. The van der Waals surface area contributed by atoms with Gasteiger partial charge in [-0.2, -0.15) is 0 Å².